The number of carbonyl (C=O) groups excluding carboxylic acids is 1. The number of nitrogens with zero attached hydrogens (tertiary/aromatic N) is 5. The third kappa shape index (κ3) is 3.45. The lowest BCUT2D eigenvalue weighted by atomic mass is 10.1. The van der Waals surface area contributed by atoms with Crippen molar-refractivity contribution in [3.8, 4) is 5.69 Å². The molecule has 8 heteroatoms. The largest absolute Gasteiger partial charge is 0.345 e. The number of amides is 1. The average Bonchev–Trinajstić information content (AvgIpc) is 3.20. The van der Waals surface area contributed by atoms with Crippen LogP contribution in [0.2, 0.25) is 0 Å². The molecule has 0 aliphatic heterocycles. The Bertz CT molecular complexity index is 1260. The first-order valence-corrected chi connectivity index (χ1v) is 9.68. The fourth-order valence-corrected chi connectivity index (χ4v) is 3.75. The Morgan fingerprint density at radius 3 is 2.43 bits per heavy atom. The number of halogens is 1. The molecule has 7 nitrogen and oxygen atoms in total. The van der Waals surface area contributed by atoms with E-state index < -0.39 is 0 Å². The fourth-order valence-electron chi connectivity index (χ4n) is 3.75. The highest BCUT2D eigenvalue weighted by atomic mass is 19.1. The maximum atomic E-state index is 13.3. The minimum atomic E-state index is -0.323. The molecule has 3 aromatic heterocycles. The summed E-state index contributed by atoms with van der Waals surface area (Å²) in [5, 5.41) is 12.7. The number of hydrogen-bond acceptors (Lipinski definition) is 4. The molecule has 1 amide bonds. The first kappa shape index (κ1) is 19.8. The lowest BCUT2D eigenvalue weighted by Crippen LogP contribution is -2.27. The van der Waals surface area contributed by atoms with E-state index in [4.69, 9.17) is 0 Å². The van der Waals surface area contributed by atoms with E-state index >= 15 is 0 Å². The number of aromatic nitrogens is 5. The summed E-state index contributed by atoms with van der Waals surface area (Å²) in [7, 11) is 1.86. The molecule has 1 aromatic carbocycles. The summed E-state index contributed by atoms with van der Waals surface area (Å²) in [6.45, 7) is 7.53. The van der Waals surface area contributed by atoms with Gasteiger partial charge in [0.05, 0.1) is 34.1 Å². The second kappa shape index (κ2) is 7.37. The molecule has 30 heavy (non-hydrogen) atoms. The van der Waals surface area contributed by atoms with Gasteiger partial charge in [0.25, 0.3) is 5.91 Å². The van der Waals surface area contributed by atoms with Gasteiger partial charge in [0.15, 0.2) is 5.65 Å². The number of carbonyl (C=O) groups is 1. The summed E-state index contributed by atoms with van der Waals surface area (Å²) in [6, 6.07) is 7.58. The Balaban J connectivity index is 1.76. The van der Waals surface area contributed by atoms with Crippen molar-refractivity contribution in [2.24, 2.45) is 7.05 Å². The molecule has 3 heterocycles. The normalized spacial score (nSPS) is 12.3. The molecule has 0 saturated heterocycles. The second-order valence-corrected chi connectivity index (χ2v) is 7.52. The molecule has 1 N–H and O–H groups in total. The molecule has 154 valence electrons. The standard InChI is InChI=1S/C22H23FN6O/c1-12-10-18(22(30)25-13(2)19-11-28(5)26-14(19)3)20-15(4)27-29(21(20)24-12)17-8-6-16(23)7-9-17/h6-11,13H,1-5H3,(H,25,30)/t13-/m1/s1. The van der Waals surface area contributed by atoms with Crippen LogP contribution in [0.25, 0.3) is 16.7 Å². The molecule has 0 bridgehead atoms. The van der Waals surface area contributed by atoms with Gasteiger partial charge in [-0.2, -0.15) is 10.2 Å². The van der Waals surface area contributed by atoms with E-state index in [0.29, 0.717) is 33.7 Å². The molecule has 0 aliphatic rings. The number of benzene rings is 1. The summed E-state index contributed by atoms with van der Waals surface area (Å²) in [6.07, 6.45) is 1.91. The predicted molar refractivity (Wildman–Crippen MR) is 112 cm³/mol. The maximum absolute atomic E-state index is 13.3. The van der Waals surface area contributed by atoms with Crippen LogP contribution in [0.3, 0.4) is 0 Å². The Morgan fingerprint density at radius 1 is 1.10 bits per heavy atom. The van der Waals surface area contributed by atoms with Crippen LogP contribution in [0.5, 0.6) is 0 Å². The lowest BCUT2D eigenvalue weighted by molar-refractivity contribution is 0.0941. The summed E-state index contributed by atoms with van der Waals surface area (Å²) < 4.78 is 16.7. The van der Waals surface area contributed by atoms with Crippen LogP contribution in [0.1, 0.15) is 46.0 Å². The van der Waals surface area contributed by atoms with E-state index in [1.165, 1.54) is 12.1 Å². The van der Waals surface area contributed by atoms with Gasteiger partial charge in [0.1, 0.15) is 5.82 Å². The van der Waals surface area contributed by atoms with E-state index in [0.717, 1.165) is 11.3 Å². The van der Waals surface area contributed by atoms with E-state index in [9.17, 15) is 9.18 Å². The number of fused-ring (bicyclic) bond motifs is 1. The third-order valence-corrected chi connectivity index (χ3v) is 5.12. The highest BCUT2D eigenvalue weighted by Gasteiger charge is 2.22. The van der Waals surface area contributed by atoms with Crippen LogP contribution in [0, 0.1) is 26.6 Å². The predicted octanol–water partition coefficient (Wildman–Crippen LogP) is 3.71. The second-order valence-electron chi connectivity index (χ2n) is 7.52. The zero-order valence-electron chi connectivity index (χ0n) is 17.6. The van der Waals surface area contributed by atoms with Gasteiger partial charge in [-0.25, -0.2) is 14.1 Å². The molecule has 0 unspecified atom stereocenters. The molecule has 0 fully saturated rings. The van der Waals surface area contributed by atoms with Crippen molar-refractivity contribution in [1.82, 2.24) is 29.9 Å². The molecule has 1 atom stereocenters. The van der Waals surface area contributed by atoms with E-state index in [2.05, 4.69) is 20.5 Å². The Kier molecular flexibility index (Phi) is 4.85. The zero-order valence-corrected chi connectivity index (χ0v) is 17.6. The van der Waals surface area contributed by atoms with Crippen molar-refractivity contribution in [3.63, 3.8) is 0 Å². The number of aryl methyl sites for hydroxylation is 4. The van der Waals surface area contributed by atoms with Crippen molar-refractivity contribution in [2.45, 2.75) is 33.7 Å². The van der Waals surface area contributed by atoms with Crippen molar-refractivity contribution >= 4 is 16.9 Å². The minimum absolute atomic E-state index is 0.206. The Labute approximate surface area is 173 Å². The average molecular weight is 406 g/mol. The molecule has 0 radical (unpaired) electrons. The zero-order chi connectivity index (χ0) is 21.6. The summed E-state index contributed by atoms with van der Waals surface area (Å²) in [5.74, 6) is -0.529. The first-order valence-electron chi connectivity index (χ1n) is 9.68. The minimum Gasteiger partial charge on any atom is -0.345 e. The Morgan fingerprint density at radius 2 is 1.80 bits per heavy atom. The summed E-state index contributed by atoms with van der Waals surface area (Å²) in [5.41, 5.74) is 4.97. The highest BCUT2D eigenvalue weighted by molar-refractivity contribution is 6.07. The topological polar surface area (TPSA) is 77.6 Å². The van der Waals surface area contributed by atoms with E-state index in [1.54, 1.807) is 27.6 Å². The van der Waals surface area contributed by atoms with Crippen LogP contribution < -0.4 is 5.32 Å². The molecular weight excluding hydrogens is 383 g/mol. The molecule has 4 rings (SSSR count). The van der Waals surface area contributed by atoms with Crippen LogP contribution in [0.4, 0.5) is 4.39 Å². The van der Waals surface area contributed by atoms with Gasteiger partial charge < -0.3 is 5.32 Å². The molecular formula is C22H23FN6O. The van der Waals surface area contributed by atoms with E-state index in [-0.39, 0.29) is 17.8 Å². The Hall–Kier alpha value is -3.55. The maximum Gasteiger partial charge on any atom is 0.252 e. The van der Waals surface area contributed by atoms with Crippen LogP contribution in [-0.2, 0) is 7.05 Å². The molecule has 4 aromatic rings. The van der Waals surface area contributed by atoms with Gasteiger partial charge in [0.2, 0.25) is 0 Å². The summed E-state index contributed by atoms with van der Waals surface area (Å²) in [4.78, 5) is 17.8. The van der Waals surface area contributed by atoms with Crippen molar-refractivity contribution in [2.75, 3.05) is 0 Å². The highest BCUT2D eigenvalue weighted by Crippen LogP contribution is 2.26. The lowest BCUT2D eigenvalue weighted by Gasteiger charge is -2.14. The fraction of sp³-hybridized carbons (Fsp3) is 0.273. The van der Waals surface area contributed by atoms with Gasteiger partial charge in [-0.1, -0.05) is 0 Å². The monoisotopic (exact) mass is 406 g/mol. The van der Waals surface area contributed by atoms with Crippen LogP contribution in [-0.4, -0.2) is 30.5 Å². The first-order chi connectivity index (χ1) is 14.2. The van der Waals surface area contributed by atoms with Gasteiger partial charge >= 0.3 is 0 Å². The third-order valence-electron chi connectivity index (χ3n) is 5.12. The van der Waals surface area contributed by atoms with Gasteiger partial charge in [-0.3, -0.25) is 9.48 Å². The van der Waals surface area contributed by atoms with E-state index in [1.807, 2.05) is 40.9 Å². The van der Waals surface area contributed by atoms with Crippen LogP contribution in [0.15, 0.2) is 36.5 Å². The molecule has 0 aliphatic carbocycles. The number of rotatable bonds is 4. The van der Waals surface area contributed by atoms with Crippen LogP contribution >= 0.6 is 0 Å². The quantitative estimate of drug-likeness (QED) is 0.560. The van der Waals surface area contributed by atoms with Gasteiger partial charge in [-0.05, 0) is 58.0 Å². The SMILES string of the molecule is Cc1cc(C(=O)N[C@H](C)c2cn(C)nc2C)c2c(C)nn(-c3ccc(F)cc3)c2n1. The van der Waals surface area contributed by atoms with Crippen molar-refractivity contribution in [3.05, 3.63) is 70.6 Å². The smallest absolute Gasteiger partial charge is 0.252 e. The number of pyridine rings is 1. The van der Waals surface area contributed by atoms with Gasteiger partial charge in [0, 0.05) is 24.5 Å². The molecule has 0 spiro atoms. The van der Waals surface area contributed by atoms with Crippen molar-refractivity contribution in [1.29, 1.82) is 0 Å². The number of nitrogens with one attached hydrogen (secondary N) is 1. The van der Waals surface area contributed by atoms with Crippen molar-refractivity contribution < 1.29 is 9.18 Å². The molecule has 0 saturated carbocycles. The number of hydrogen-bond donors (Lipinski definition) is 1. The van der Waals surface area contributed by atoms with Gasteiger partial charge in [-0.15, -0.1) is 0 Å². The summed E-state index contributed by atoms with van der Waals surface area (Å²) >= 11 is 0.